The molecule has 56 heavy (non-hydrogen) atoms. The molecule has 1 fully saturated rings. The van der Waals surface area contributed by atoms with Crippen molar-refractivity contribution in [3.8, 4) is 5.75 Å². The highest BCUT2D eigenvalue weighted by molar-refractivity contribution is 5.94. The Labute approximate surface area is 336 Å². The second-order valence-corrected chi connectivity index (χ2v) is 17.2. The molecule has 0 spiro atoms. The molecule has 12 heteroatoms. The molecule has 0 radical (unpaired) electrons. The van der Waals surface area contributed by atoms with E-state index in [0.717, 1.165) is 44.8 Å². The number of carbonyl (C=O) groups is 6. The molecule has 0 saturated heterocycles. The molecule has 1 aliphatic rings. The molecule has 0 aromatic heterocycles. The van der Waals surface area contributed by atoms with Crippen molar-refractivity contribution >= 4 is 36.1 Å². The summed E-state index contributed by atoms with van der Waals surface area (Å²) >= 11 is 0. The molecule has 2 rings (SSSR count). The van der Waals surface area contributed by atoms with Crippen molar-refractivity contribution in [1.82, 2.24) is 21.3 Å². The lowest BCUT2D eigenvalue weighted by Crippen LogP contribution is -2.59. The van der Waals surface area contributed by atoms with E-state index in [-0.39, 0.29) is 24.7 Å². The zero-order chi connectivity index (χ0) is 41.7. The van der Waals surface area contributed by atoms with Gasteiger partial charge in [0, 0.05) is 17.9 Å². The maximum absolute atomic E-state index is 13.9. The van der Waals surface area contributed by atoms with E-state index in [1.165, 1.54) is 25.7 Å². The standard InChI is InChI=1S/C44H72N4O8/c1-9-32(4)38(48-42(54)55-34-23-19-18-20-24-34)41(53)46-35(25-26-37(50)56-43(6,7)8)40(52)45-33(5)39(51)47-36(29-31(2)3)44(30-49)27-21-16-14-12-10-11-13-15-17-22-28-44/h18-20,23-24,30-33,35-36,38H,9-17,21-22,25-29H2,1-8H3,(H,45,52)(H,46,53)(H,47,51)(H,48,54)/t32-,33-,35-,36-,38-/m0/s1. The SMILES string of the molecule is CC[C@H](C)[C@H](NC(=O)Oc1ccccc1)C(=O)N[C@@H](CCC(=O)OC(C)(C)C)C(=O)N[C@@H](C)C(=O)N[C@@H](CC(C)C)C1(C=O)CCCCCCCCCCCC1. The number of aldehydes is 1. The largest absolute Gasteiger partial charge is 0.460 e. The van der Waals surface area contributed by atoms with Gasteiger partial charge in [-0.2, -0.15) is 0 Å². The summed E-state index contributed by atoms with van der Waals surface area (Å²) in [4.78, 5) is 80.3. The van der Waals surface area contributed by atoms with Gasteiger partial charge in [-0.25, -0.2) is 4.79 Å². The van der Waals surface area contributed by atoms with Crippen LogP contribution in [0.15, 0.2) is 30.3 Å². The minimum absolute atomic E-state index is 0.118. The van der Waals surface area contributed by atoms with Crippen molar-refractivity contribution in [2.45, 2.75) is 188 Å². The van der Waals surface area contributed by atoms with Gasteiger partial charge < -0.3 is 35.5 Å². The summed E-state index contributed by atoms with van der Waals surface area (Å²) in [7, 11) is 0. The molecule has 1 saturated carbocycles. The third kappa shape index (κ3) is 17.9. The molecule has 0 aliphatic heterocycles. The van der Waals surface area contributed by atoms with Gasteiger partial charge in [-0.15, -0.1) is 0 Å². The van der Waals surface area contributed by atoms with Crippen LogP contribution in [0.1, 0.15) is 158 Å². The van der Waals surface area contributed by atoms with Crippen LogP contribution >= 0.6 is 0 Å². The number of hydrogen-bond acceptors (Lipinski definition) is 8. The van der Waals surface area contributed by atoms with Crippen LogP contribution in [0, 0.1) is 17.3 Å². The molecule has 0 bridgehead atoms. The Bertz CT molecular complexity index is 1360. The molecule has 1 aromatic carbocycles. The molecule has 5 atom stereocenters. The van der Waals surface area contributed by atoms with Gasteiger partial charge in [0.05, 0.1) is 0 Å². The highest BCUT2D eigenvalue weighted by atomic mass is 16.6. The fourth-order valence-electron chi connectivity index (χ4n) is 7.22. The summed E-state index contributed by atoms with van der Waals surface area (Å²) in [6, 6.07) is 4.67. The van der Waals surface area contributed by atoms with Crippen LogP contribution in [0.4, 0.5) is 4.79 Å². The molecule has 1 aromatic rings. The summed E-state index contributed by atoms with van der Waals surface area (Å²) in [5.41, 5.74) is -1.48. The average molecular weight is 785 g/mol. The summed E-state index contributed by atoms with van der Waals surface area (Å²) in [5.74, 6) is -2.15. The number of esters is 1. The molecule has 1 aliphatic carbocycles. The summed E-state index contributed by atoms with van der Waals surface area (Å²) in [6.45, 7) is 14.6. The van der Waals surface area contributed by atoms with Gasteiger partial charge in [-0.3, -0.25) is 19.2 Å². The van der Waals surface area contributed by atoms with Crippen molar-refractivity contribution in [3.05, 3.63) is 30.3 Å². The molecule has 4 N–H and O–H groups in total. The predicted molar refractivity (Wildman–Crippen MR) is 219 cm³/mol. The van der Waals surface area contributed by atoms with Crippen molar-refractivity contribution in [1.29, 1.82) is 0 Å². The van der Waals surface area contributed by atoms with E-state index in [9.17, 15) is 28.8 Å². The first kappa shape index (κ1) is 48.2. The lowest BCUT2D eigenvalue weighted by Gasteiger charge is -2.39. The van der Waals surface area contributed by atoms with E-state index in [0.29, 0.717) is 31.4 Å². The summed E-state index contributed by atoms with van der Waals surface area (Å²) in [5, 5.41) is 11.3. The van der Waals surface area contributed by atoms with Crippen LogP contribution in [0.2, 0.25) is 0 Å². The second-order valence-electron chi connectivity index (χ2n) is 17.2. The second kappa shape index (κ2) is 24.6. The molecule has 12 nitrogen and oxygen atoms in total. The van der Waals surface area contributed by atoms with E-state index < -0.39 is 65.0 Å². The normalized spacial score (nSPS) is 18.2. The smallest absolute Gasteiger partial charge is 0.413 e. The molecule has 4 amide bonds. The Morgan fingerprint density at radius 3 is 1.80 bits per heavy atom. The maximum Gasteiger partial charge on any atom is 0.413 e. The van der Waals surface area contributed by atoms with Crippen LogP contribution in [-0.2, 0) is 28.7 Å². The first-order chi connectivity index (χ1) is 26.5. The van der Waals surface area contributed by atoms with E-state index in [4.69, 9.17) is 9.47 Å². The topological polar surface area (TPSA) is 169 Å². The van der Waals surface area contributed by atoms with Crippen LogP contribution in [0.3, 0.4) is 0 Å². The van der Waals surface area contributed by atoms with Crippen LogP contribution < -0.4 is 26.0 Å². The lowest BCUT2D eigenvalue weighted by atomic mass is 9.70. The molecule has 0 heterocycles. The molecular weight excluding hydrogens is 713 g/mol. The third-order valence-electron chi connectivity index (χ3n) is 10.7. The fourth-order valence-corrected chi connectivity index (χ4v) is 7.22. The van der Waals surface area contributed by atoms with Gasteiger partial charge >= 0.3 is 12.1 Å². The average Bonchev–Trinajstić information content (AvgIpc) is 3.16. The Morgan fingerprint density at radius 2 is 1.30 bits per heavy atom. The number of benzene rings is 1. The number of ether oxygens (including phenoxy) is 2. The minimum atomic E-state index is -1.24. The van der Waals surface area contributed by atoms with Crippen molar-refractivity contribution in [2.75, 3.05) is 0 Å². The number of rotatable bonds is 17. The van der Waals surface area contributed by atoms with E-state index in [1.54, 1.807) is 65.0 Å². The van der Waals surface area contributed by atoms with Crippen molar-refractivity contribution < 1.29 is 38.2 Å². The Kier molecular flexibility index (Phi) is 21.2. The van der Waals surface area contributed by atoms with Gasteiger partial charge in [-0.1, -0.05) is 117 Å². The quantitative estimate of drug-likeness (QED) is 0.0920. The third-order valence-corrected chi connectivity index (χ3v) is 10.7. The van der Waals surface area contributed by atoms with Crippen LogP contribution in [0.5, 0.6) is 5.75 Å². The number of carbonyl (C=O) groups excluding carboxylic acids is 6. The molecular formula is C44H72N4O8. The molecule has 0 unspecified atom stereocenters. The van der Waals surface area contributed by atoms with Crippen LogP contribution in [-0.4, -0.2) is 65.8 Å². The Hall–Kier alpha value is -3.96. The van der Waals surface area contributed by atoms with E-state index in [1.807, 2.05) is 6.92 Å². The van der Waals surface area contributed by atoms with Gasteiger partial charge in [0.2, 0.25) is 17.7 Å². The monoisotopic (exact) mass is 785 g/mol. The highest BCUT2D eigenvalue weighted by Gasteiger charge is 2.40. The van der Waals surface area contributed by atoms with Gasteiger partial charge in [0.15, 0.2) is 0 Å². The first-order valence-corrected chi connectivity index (χ1v) is 21.1. The number of hydrogen-bond donors (Lipinski definition) is 4. The van der Waals surface area contributed by atoms with Crippen LogP contribution in [0.25, 0.3) is 0 Å². The first-order valence-electron chi connectivity index (χ1n) is 21.1. The zero-order valence-corrected chi connectivity index (χ0v) is 35.5. The predicted octanol–water partition coefficient (Wildman–Crippen LogP) is 7.71. The Morgan fingerprint density at radius 1 is 0.750 bits per heavy atom. The zero-order valence-electron chi connectivity index (χ0n) is 35.5. The number of nitrogens with one attached hydrogen (secondary N) is 4. The van der Waals surface area contributed by atoms with Gasteiger partial charge in [0.1, 0.15) is 35.8 Å². The van der Waals surface area contributed by atoms with E-state index in [2.05, 4.69) is 35.1 Å². The Balaban J connectivity index is 2.29. The van der Waals surface area contributed by atoms with Gasteiger partial charge in [-0.05, 0) is 77.3 Å². The molecule has 316 valence electrons. The number of amides is 4. The van der Waals surface area contributed by atoms with E-state index >= 15 is 0 Å². The lowest BCUT2D eigenvalue weighted by molar-refractivity contribution is -0.155. The fraction of sp³-hybridized carbons (Fsp3) is 0.727. The van der Waals surface area contributed by atoms with Crippen molar-refractivity contribution in [2.24, 2.45) is 17.3 Å². The minimum Gasteiger partial charge on any atom is -0.460 e. The number of para-hydroxylation sites is 1. The summed E-state index contributed by atoms with van der Waals surface area (Å²) in [6.07, 6.45) is 13.5. The van der Waals surface area contributed by atoms with Gasteiger partial charge in [0.25, 0.3) is 0 Å². The van der Waals surface area contributed by atoms with Crippen molar-refractivity contribution in [3.63, 3.8) is 0 Å². The summed E-state index contributed by atoms with van der Waals surface area (Å²) < 4.78 is 10.8. The maximum atomic E-state index is 13.9. The highest BCUT2D eigenvalue weighted by Crippen LogP contribution is 2.37.